The van der Waals surface area contributed by atoms with Gasteiger partial charge in [0.25, 0.3) is 0 Å². The molecule has 2 saturated heterocycles. The summed E-state index contributed by atoms with van der Waals surface area (Å²) in [5.41, 5.74) is 0. The van der Waals surface area contributed by atoms with Crippen LogP contribution >= 0.6 is 0 Å². The van der Waals surface area contributed by atoms with Crippen LogP contribution in [-0.4, -0.2) is 51.0 Å². The van der Waals surface area contributed by atoms with Gasteiger partial charge < -0.3 is 10.1 Å². The summed E-state index contributed by atoms with van der Waals surface area (Å²) in [5, 5.41) is 2.94. The van der Waals surface area contributed by atoms with E-state index in [2.05, 4.69) is 5.32 Å². The van der Waals surface area contributed by atoms with Crippen molar-refractivity contribution in [3.8, 4) is 0 Å². The Labute approximate surface area is 149 Å². The predicted octanol–water partition coefficient (Wildman–Crippen LogP) is 1.77. The average Bonchev–Trinajstić information content (AvgIpc) is 3.15. The molecule has 25 heavy (non-hydrogen) atoms. The highest BCUT2D eigenvalue weighted by atomic mass is 32.2. The summed E-state index contributed by atoms with van der Waals surface area (Å²) in [6.45, 7) is 2.32. The van der Waals surface area contributed by atoms with Gasteiger partial charge in [-0.1, -0.05) is 18.2 Å². The predicted molar refractivity (Wildman–Crippen MR) is 94.5 cm³/mol. The van der Waals surface area contributed by atoms with E-state index in [1.54, 1.807) is 30.3 Å². The van der Waals surface area contributed by atoms with Crippen LogP contribution in [0.3, 0.4) is 0 Å². The summed E-state index contributed by atoms with van der Waals surface area (Å²) in [6.07, 6.45) is 4.14. The molecule has 2 aliphatic rings. The summed E-state index contributed by atoms with van der Waals surface area (Å²) in [7, 11) is -3.42. The smallest absolute Gasteiger partial charge is 0.243 e. The number of carbonyl (C=O) groups excluding carboxylic acids is 1. The van der Waals surface area contributed by atoms with Gasteiger partial charge in [0, 0.05) is 32.7 Å². The first kappa shape index (κ1) is 18.4. The molecule has 1 N–H and O–H groups in total. The molecule has 0 aromatic heterocycles. The number of hydrogen-bond acceptors (Lipinski definition) is 4. The lowest BCUT2D eigenvalue weighted by Gasteiger charge is -2.31. The Hall–Kier alpha value is -1.44. The third-order valence-corrected chi connectivity index (χ3v) is 6.89. The van der Waals surface area contributed by atoms with Gasteiger partial charge in [0.05, 0.1) is 11.0 Å². The molecule has 138 valence electrons. The van der Waals surface area contributed by atoms with Crippen molar-refractivity contribution < 1.29 is 17.9 Å². The first-order valence-electron chi connectivity index (χ1n) is 8.99. The quantitative estimate of drug-likeness (QED) is 0.833. The summed E-state index contributed by atoms with van der Waals surface area (Å²) in [5.74, 6) is 0.284. The monoisotopic (exact) mass is 366 g/mol. The molecule has 0 spiro atoms. The van der Waals surface area contributed by atoms with E-state index >= 15 is 0 Å². The number of sulfonamides is 1. The van der Waals surface area contributed by atoms with Gasteiger partial charge in [-0.05, 0) is 43.7 Å². The van der Waals surface area contributed by atoms with Crippen molar-refractivity contribution in [1.29, 1.82) is 0 Å². The van der Waals surface area contributed by atoms with Crippen molar-refractivity contribution in [1.82, 2.24) is 9.62 Å². The number of carbonyl (C=O) groups is 1. The second-order valence-corrected chi connectivity index (χ2v) is 8.74. The van der Waals surface area contributed by atoms with Gasteiger partial charge in [0.2, 0.25) is 15.9 Å². The number of piperidine rings is 1. The zero-order chi connectivity index (χ0) is 17.7. The van der Waals surface area contributed by atoms with Crippen LogP contribution in [0, 0.1) is 5.92 Å². The largest absolute Gasteiger partial charge is 0.376 e. The fraction of sp³-hybridized carbons (Fsp3) is 0.611. The van der Waals surface area contributed by atoms with E-state index < -0.39 is 10.0 Å². The van der Waals surface area contributed by atoms with Gasteiger partial charge in [-0.2, -0.15) is 4.31 Å². The van der Waals surface area contributed by atoms with Crippen molar-refractivity contribution in [3.05, 3.63) is 30.3 Å². The molecule has 2 fully saturated rings. The van der Waals surface area contributed by atoms with Gasteiger partial charge in [-0.15, -0.1) is 0 Å². The average molecular weight is 366 g/mol. The minimum atomic E-state index is -3.42. The maximum atomic E-state index is 12.6. The fourth-order valence-electron chi connectivity index (χ4n) is 3.46. The molecular formula is C18H26N2O4S. The molecule has 1 aromatic rings. The van der Waals surface area contributed by atoms with E-state index in [1.807, 2.05) is 0 Å². The van der Waals surface area contributed by atoms with Crippen LogP contribution in [0.25, 0.3) is 0 Å². The van der Waals surface area contributed by atoms with Crippen LogP contribution in [0.15, 0.2) is 35.2 Å². The summed E-state index contributed by atoms with van der Waals surface area (Å²) in [6, 6.07) is 8.52. The first-order valence-corrected chi connectivity index (χ1v) is 10.4. The van der Waals surface area contributed by atoms with Crippen LogP contribution in [0.4, 0.5) is 0 Å². The molecular weight excluding hydrogens is 340 g/mol. The summed E-state index contributed by atoms with van der Waals surface area (Å²) < 4.78 is 32.2. The second-order valence-electron chi connectivity index (χ2n) is 6.80. The lowest BCUT2D eigenvalue weighted by Crippen LogP contribution is -2.40. The maximum absolute atomic E-state index is 12.6. The Morgan fingerprint density at radius 3 is 2.52 bits per heavy atom. The molecule has 3 rings (SSSR count). The topological polar surface area (TPSA) is 75.7 Å². The van der Waals surface area contributed by atoms with Crippen molar-refractivity contribution in [2.24, 2.45) is 5.92 Å². The SMILES string of the molecule is O=C(CC1CCN(S(=O)(=O)c2ccccc2)CC1)NC[C@H]1CCCO1. The van der Waals surface area contributed by atoms with E-state index in [9.17, 15) is 13.2 Å². The fourth-order valence-corrected chi connectivity index (χ4v) is 4.95. The highest BCUT2D eigenvalue weighted by Crippen LogP contribution is 2.25. The molecule has 0 unspecified atom stereocenters. The molecule has 7 heteroatoms. The van der Waals surface area contributed by atoms with Crippen molar-refractivity contribution in [2.75, 3.05) is 26.2 Å². The van der Waals surface area contributed by atoms with Gasteiger partial charge in [0.15, 0.2) is 0 Å². The Bertz CT molecular complexity index is 664. The lowest BCUT2D eigenvalue weighted by molar-refractivity contribution is -0.122. The third-order valence-electron chi connectivity index (χ3n) is 4.98. The van der Waals surface area contributed by atoms with Crippen LogP contribution in [0.1, 0.15) is 32.1 Å². The Balaban J connectivity index is 1.44. The Morgan fingerprint density at radius 2 is 1.88 bits per heavy atom. The zero-order valence-corrected chi connectivity index (χ0v) is 15.2. The molecule has 1 atom stereocenters. The van der Waals surface area contributed by atoms with Crippen molar-refractivity contribution >= 4 is 15.9 Å². The molecule has 0 aliphatic carbocycles. The van der Waals surface area contributed by atoms with Crippen LogP contribution in [-0.2, 0) is 19.6 Å². The van der Waals surface area contributed by atoms with Crippen molar-refractivity contribution in [2.45, 2.75) is 43.1 Å². The molecule has 2 aliphatic heterocycles. The first-order chi connectivity index (χ1) is 12.1. The van der Waals surface area contributed by atoms with E-state index in [1.165, 1.54) is 4.31 Å². The van der Waals surface area contributed by atoms with Crippen molar-refractivity contribution in [3.63, 3.8) is 0 Å². The van der Waals surface area contributed by atoms with E-state index in [0.29, 0.717) is 31.0 Å². The van der Waals surface area contributed by atoms with Crippen LogP contribution < -0.4 is 5.32 Å². The number of ether oxygens (including phenoxy) is 1. The number of rotatable bonds is 6. The molecule has 0 radical (unpaired) electrons. The minimum Gasteiger partial charge on any atom is -0.376 e. The van der Waals surface area contributed by atoms with Crippen LogP contribution in [0.5, 0.6) is 0 Å². The minimum absolute atomic E-state index is 0.0415. The molecule has 6 nitrogen and oxygen atoms in total. The van der Waals surface area contributed by atoms with E-state index in [-0.39, 0.29) is 17.9 Å². The zero-order valence-electron chi connectivity index (χ0n) is 14.4. The number of hydrogen-bond donors (Lipinski definition) is 1. The number of nitrogens with zero attached hydrogens (tertiary/aromatic N) is 1. The Morgan fingerprint density at radius 1 is 1.16 bits per heavy atom. The standard InChI is InChI=1S/C18H26N2O4S/c21-18(19-14-16-5-4-12-24-16)13-15-8-10-20(11-9-15)25(22,23)17-6-2-1-3-7-17/h1-3,6-7,15-16H,4-5,8-14H2,(H,19,21)/t16-/m1/s1. The number of amides is 1. The van der Waals surface area contributed by atoms with Gasteiger partial charge in [-0.25, -0.2) is 8.42 Å². The second kappa shape index (κ2) is 8.29. The molecule has 1 amide bonds. The highest BCUT2D eigenvalue weighted by molar-refractivity contribution is 7.89. The normalized spacial score (nSPS) is 22.8. The van der Waals surface area contributed by atoms with E-state index in [4.69, 9.17) is 4.74 Å². The van der Waals surface area contributed by atoms with Gasteiger partial charge >= 0.3 is 0 Å². The third kappa shape index (κ3) is 4.80. The molecule has 2 heterocycles. The van der Waals surface area contributed by atoms with E-state index in [0.717, 1.165) is 32.3 Å². The summed E-state index contributed by atoms with van der Waals surface area (Å²) >= 11 is 0. The number of benzene rings is 1. The maximum Gasteiger partial charge on any atom is 0.243 e. The molecule has 0 saturated carbocycles. The molecule has 1 aromatic carbocycles. The molecule has 0 bridgehead atoms. The number of nitrogens with one attached hydrogen (secondary N) is 1. The lowest BCUT2D eigenvalue weighted by atomic mass is 9.94. The van der Waals surface area contributed by atoms with Crippen LogP contribution in [0.2, 0.25) is 0 Å². The Kier molecular flexibility index (Phi) is 6.09. The highest BCUT2D eigenvalue weighted by Gasteiger charge is 2.30. The van der Waals surface area contributed by atoms with Gasteiger partial charge in [-0.3, -0.25) is 4.79 Å². The summed E-state index contributed by atoms with van der Waals surface area (Å²) in [4.78, 5) is 12.4. The van der Waals surface area contributed by atoms with Gasteiger partial charge in [0.1, 0.15) is 0 Å².